The molecule has 0 aromatic carbocycles. The Labute approximate surface area is 87.0 Å². The van der Waals surface area contributed by atoms with Gasteiger partial charge in [0.1, 0.15) is 0 Å². The monoisotopic (exact) mass is 209 g/mol. The quantitative estimate of drug-likeness (QED) is 0.610. The van der Waals surface area contributed by atoms with E-state index >= 15 is 0 Å². The van der Waals surface area contributed by atoms with Gasteiger partial charge in [0.15, 0.2) is 0 Å². The third-order valence-electron chi connectivity index (χ3n) is 2.33. The number of rotatable bonds is 0. The topological polar surface area (TPSA) is 26.0 Å². The molecule has 1 nitrogen and oxygen atoms in total. The van der Waals surface area contributed by atoms with Crippen LogP contribution in [0.25, 0.3) is 0 Å². The molecule has 2 aliphatic rings. The molecule has 0 heterocycles. The molecule has 2 saturated carbocycles. The first kappa shape index (κ1) is 12.5. The molecule has 2 fully saturated rings. The summed E-state index contributed by atoms with van der Waals surface area (Å²) in [6.07, 6.45) is 13.2. The second-order valence-corrected chi connectivity index (χ2v) is 3.44. The summed E-state index contributed by atoms with van der Waals surface area (Å²) in [6.45, 7) is 0. The van der Waals surface area contributed by atoms with E-state index in [9.17, 15) is 0 Å². The van der Waals surface area contributed by atoms with E-state index in [2.05, 4.69) is 6.42 Å². The molecule has 0 amide bonds. The predicted molar refractivity (Wildman–Crippen MR) is 48.7 cm³/mol. The normalized spacial score (nSPS) is 22.8. The summed E-state index contributed by atoms with van der Waals surface area (Å²) >= 11 is 0. The Morgan fingerprint density at radius 2 is 1.42 bits per heavy atom. The Balaban J connectivity index is 0.000000189. The zero-order valence-corrected chi connectivity index (χ0v) is 8.77. The number of nitrogens with two attached hydrogens (primary N) is 1. The molecule has 2 radical (unpaired) electrons. The fourth-order valence-electron chi connectivity index (χ4n) is 1.58. The molecule has 0 bridgehead atoms. The summed E-state index contributed by atoms with van der Waals surface area (Å²) in [5.74, 6) is 0. The van der Waals surface area contributed by atoms with Crippen LogP contribution < -0.4 is 5.73 Å². The van der Waals surface area contributed by atoms with Gasteiger partial charge in [0.25, 0.3) is 0 Å². The first-order chi connectivity index (χ1) is 5.39. The molecule has 0 unspecified atom stereocenters. The van der Waals surface area contributed by atoms with E-state index in [4.69, 9.17) is 5.73 Å². The SMILES string of the molecule is C1CCCC1.N[C]1[CH]CCC1.[Fe]. The minimum Gasteiger partial charge on any atom is -0.323 e. The van der Waals surface area contributed by atoms with Crippen LogP contribution >= 0.6 is 0 Å². The van der Waals surface area contributed by atoms with Crippen LogP contribution in [0.2, 0.25) is 0 Å². The van der Waals surface area contributed by atoms with Crippen molar-refractivity contribution >= 4 is 0 Å². The maximum absolute atomic E-state index is 5.40. The van der Waals surface area contributed by atoms with E-state index in [1.807, 2.05) is 0 Å². The Hall–Kier alpha value is 0.479. The van der Waals surface area contributed by atoms with Gasteiger partial charge in [-0.2, -0.15) is 0 Å². The summed E-state index contributed by atoms with van der Waals surface area (Å²) in [7, 11) is 0. The molecule has 72 valence electrons. The Morgan fingerprint density at radius 3 is 1.58 bits per heavy atom. The standard InChI is InChI=1S/C5H9N.C5H10.Fe/c6-5-3-1-2-4-5;1-2-4-5-3-1;/h3H,1-2,4,6H2;1-5H2;. The van der Waals surface area contributed by atoms with Crippen molar-refractivity contribution in [1.82, 2.24) is 0 Å². The van der Waals surface area contributed by atoms with Crippen LogP contribution in [-0.2, 0) is 17.1 Å². The average Bonchev–Trinajstić information content (AvgIpc) is 2.57. The molecule has 0 aromatic rings. The van der Waals surface area contributed by atoms with Gasteiger partial charge < -0.3 is 5.73 Å². The Kier molecular flexibility index (Phi) is 8.42. The zero-order chi connectivity index (χ0) is 7.94. The van der Waals surface area contributed by atoms with E-state index in [0.717, 1.165) is 12.5 Å². The van der Waals surface area contributed by atoms with E-state index in [1.165, 1.54) is 44.9 Å². The van der Waals surface area contributed by atoms with Gasteiger partial charge in [0.05, 0.1) is 0 Å². The molecule has 0 aliphatic heterocycles. The molecule has 2 rings (SSSR count). The van der Waals surface area contributed by atoms with E-state index in [0.29, 0.717) is 0 Å². The molecule has 0 aromatic heterocycles. The number of hydrogen-bond acceptors (Lipinski definition) is 1. The van der Waals surface area contributed by atoms with Crippen LogP contribution in [0.5, 0.6) is 0 Å². The van der Waals surface area contributed by atoms with Crippen molar-refractivity contribution in [3.63, 3.8) is 0 Å². The molecule has 2 heteroatoms. The van der Waals surface area contributed by atoms with Crippen LogP contribution in [0.4, 0.5) is 0 Å². The molecule has 0 saturated heterocycles. The van der Waals surface area contributed by atoms with Crippen molar-refractivity contribution in [1.29, 1.82) is 0 Å². The third-order valence-corrected chi connectivity index (χ3v) is 2.33. The molecule has 0 spiro atoms. The summed E-state index contributed by atoms with van der Waals surface area (Å²) in [5.41, 5.74) is 5.40. The van der Waals surface area contributed by atoms with E-state index in [1.54, 1.807) is 0 Å². The maximum atomic E-state index is 5.40. The molecule has 2 N–H and O–H groups in total. The average molecular weight is 209 g/mol. The van der Waals surface area contributed by atoms with Crippen LogP contribution in [0.15, 0.2) is 0 Å². The van der Waals surface area contributed by atoms with E-state index < -0.39 is 0 Å². The molecular formula is C10H19FeN. The molecule has 2 aliphatic carbocycles. The molecular weight excluding hydrogens is 190 g/mol. The first-order valence-electron chi connectivity index (χ1n) is 4.84. The van der Waals surface area contributed by atoms with E-state index in [-0.39, 0.29) is 17.1 Å². The Morgan fingerprint density at radius 1 is 0.917 bits per heavy atom. The van der Waals surface area contributed by atoms with Gasteiger partial charge in [-0.25, -0.2) is 0 Å². The van der Waals surface area contributed by atoms with Crippen molar-refractivity contribution in [2.24, 2.45) is 5.73 Å². The number of hydrogen-bond donors (Lipinski definition) is 1. The van der Waals surface area contributed by atoms with Gasteiger partial charge in [-0.15, -0.1) is 0 Å². The summed E-state index contributed by atoms with van der Waals surface area (Å²) in [6, 6.07) is 1.08. The largest absolute Gasteiger partial charge is 0.323 e. The molecule has 12 heavy (non-hydrogen) atoms. The van der Waals surface area contributed by atoms with Gasteiger partial charge in [-0.05, 0) is 19.3 Å². The van der Waals surface area contributed by atoms with Crippen molar-refractivity contribution in [3.05, 3.63) is 12.5 Å². The first-order valence-corrected chi connectivity index (χ1v) is 4.84. The van der Waals surface area contributed by atoms with Gasteiger partial charge in [0.2, 0.25) is 0 Å². The second-order valence-electron chi connectivity index (χ2n) is 3.44. The Bertz CT molecular complexity index is 78.2. The van der Waals surface area contributed by atoms with Crippen molar-refractivity contribution in [2.75, 3.05) is 0 Å². The van der Waals surface area contributed by atoms with Crippen LogP contribution in [0.3, 0.4) is 0 Å². The minimum atomic E-state index is 0. The van der Waals surface area contributed by atoms with Crippen molar-refractivity contribution in [2.45, 2.75) is 51.4 Å². The fourth-order valence-corrected chi connectivity index (χ4v) is 1.58. The van der Waals surface area contributed by atoms with Crippen LogP contribution in [-0.4, -0.2) is 0 Å². The fraction of sp³-hybridized carbons (Fsp3) is 0.800. The minimum absolute atomic E-state index is 0. The van der Waals surface area contributed by atoms with Gasteiger partial charge in [-0.3, -0.25) is 0 Å². The smallest absolute Gasteiger partial charge is 0.0371 e. The summed E-state index contributed by atoms with van der Waals surface area (Å²) in [4.78, 5) is 0. The van der Waals surface area contributed by atoms with Crippen molar-refractivity contribution < 1.29 is 17.1 Å². The summed E-state index contributed by atoms with van der Waals surface area (Å²) in [5, 5.41) is 0. The second kappa shape index (κ2) is 8.09. The van der Waals surface area contributed by atoms with Crippen LogP contribution in [0.1, 0.15) is 51.4 Å². The van der Waals surface area contributed by atoms with Crippen molar-refractivity contribution in [3.8, 4) is 0 Å². The predicted octanol–water partition coefficient (Wildman–Crippen LogP) is 2.81. The summed E-state index contributed by atoms with van der Waals surface area (Å²) < 4.78 is 0. The van der Waals surface area contributed by atoms with Gasteiger partial charge in [-0.1, -0.05) is 38.5 Å². The van der Waals surface area contributed by atoms with Gasteiger partial charge in [0, 0.05) is 23.1 Å². The zero-order valence-electron chi connectivity index (χ0n) is 7.67. The maximum Gasteiger partial charge on any atom is 0.0371 e. The van der Waals surface area contributed by atoms with Gasteiger partial charge >= 0.3 is 0 Å². The molecule has 0 atom stereocenters. The van der Waals surface area contributed by atoms with Crippen LogP contribution in [0, 0.1) is 12.5 Å². The third kappa shape index (κ3) is 6.05.